The van der Waals surface area contributed by atoms with Crippen LogP contribution in [-0.2, 0) is 16.1 Å². The molecule has 5 heteroatoms. The van der Waals surface area contributed by atoms with Gasteiger partial charge in [0.25, 0.3) is 0 Å². The number of esters is 1. The number of carbonyl (C=O) groups is 2. The lowest BCUT2D eigenvalue weighted by atomic mass is 10.0. The van der Waals surface area contributed by atoms with Gasteiger partial charge in [-0.25, -0.2) is 9.59 Å². The topological polar surface area (TPSA) is 66.8 Å². The fraction of sp³-hybridized carbons (Fsp3) is 0.182. The van der Waals surface area contributed by atoms with Crippen LogP contribution in [-0.4, -0.2) is 35.0 Å². The van der Waals surface area contributed by atoms with E-state index in [0.717, 1.165) is 43.8 Å². The highest BCUT2D eigenvalue weighted by atomic mass is 16.5. The average molecular weight is 363 g/mol. The first-order chi connectivity index (χ1) is 13.1. The van der Waals surface area contributed by atoms with Crippen molar-refractivity contribution >= 4 is 17.5 Å². The van der Waals surface area contributed by atoms with Gasteiger partial charge in [-0.2, -0.15) is 0 Å². The third-order valence-corrected chi connectivity index (χ3v) is 4.26. The van der Waals surface area contributed by atoms with Gasteiger partial charge in [0.05, 0.1) is 0 Å². The van der Waals surface area contributed by atoms with Gasteiger partial charge in [-0.15, -0.1) is 0 Å². The van der Waals surface area contributed by atoms with Gasteiger partial charge in [-0.05, 0) is 35.3 Å². The second-order valence-electron chi connectivity index (χ2n) is 6.33. The van der Waals surface area contributed by atoms with Crippen molar-refractivity contribution in [3.63, 3.8) is 0 Å². The van der Waals surface area contributed by atoms with Crippen molar-refractivity contribution in [3.8, 4) is 5.75 Å². The van der Waals surface area contributed by atoms with Crippen LogP contribution in [0.2, 0.25) is 0 Å². The van der Waals surface area contributed by atoms with Crippen LogP contribution in [0.5, 0.6) is 5.75 Å². The first kappa shape index (κ1) is 18.6. The maximum absolute atomic E-state index is 11.7. The molecule has 0 saturated heterocycles. The molecule has 0 aliphatic carbocycles. The number of hydrogen-bond donors (Lipinski definition) is 1. The number of hydrogen-bond acceptors (Lipinski definition) is 4. The number of benzene rings is 2. The predicted molar refractivity (Wildman–Crippen MR) is 103 cm³/mol. The Morgan fingerprint density at radius 2 is 1.89 bits per heavy atom. The van der Waals surface area contributed by atoms with Crippen molar-refractivity contribution in [3.05, 3.63) is 84.0 Å². The molecule has 2 aromatic rings. The van der Waals surface area contributed by atoms with Crippen molar-refractivity contribution in [1.29, 1.82) is 0 Å². The Morgan fingerprint density at radius 1 is 1.07 bits per heavy atom. The van der Waals surface area contributed by atoms with Gasteiger partial charge in [0.2, 0.25) is 0 Å². The van der Waals surface area contributed by atoms with E-state index in [1.165, 1.54) is 11.1 Å². The minimum Gasteiger partial charge on any atom is -0.478 e. The van der Waals surface area contributed by atoms with Gasteiger partial charge in [0.1, 0.15) is 5.75 Å². The molecule has 0 aromatic heterocycles. The molecular formula is C22H21NO4. The molecule has 27 heavy (non-hydrogen) atoms. The zero-order valence-electron chi connectivity index (χ0n) is 14.9. The summed E-state index contributed by atoms with van der Waals surface area (Å²) in [5.74, 6) is -1.50. The molecule has 1 heterocycles. The van der Waals surface area contributed by atoms with Gasteiger partial charge in [0, 0.05) is 31.8 Å². The average Bonchev–Trinajstić information content (AvgIpc) is 2.68. The molecule has 3 rings (SSSR count). The van der Waals surface area contributed by atoms with E-state index in [1.54, 1.807) is 6.07 Å². The van der Waals surface area contributed by atoms with E-state index in [4.69, 9.17) is 9.84 Å². The molecule has 0 saturated carbocycles. The van der Waals surface area contributed by atoms with Crippen molar-refractivity contribution in [2.75, 3.05) is 13.1 Å². The molecule has 0 atom stereocenters. The molecule has 1 N–H and O–H groups in total. The second kappa shape index (κ2) is 8.96. The maximum atomic E-state index is 11.7. The van der Waals surface area contributed by atoms with Crippen LogP contribution in [0.1, 0.15) is 17.5 Å². The fourth-order valence-corrected chi connectivity index (χ4v) is 3.04. The fourth-order valence-electron chi connectivity index (χ4n) is 3.04. The molecule has 0 unspecified atom stereocenters. The lowest BCUT2D eigenvalue weighted by Gasteiger charge is -2.27. The van der Waals surface area contributed by atoms with Gasteiger partial charge >= 0.3 is 11.9 Å². The van der Waals surface area contributed by atoms with E-state index in [9.17, 15) is 9.59 Å². The SMILES string of the molecule is O=C(O)/C=C/C(=O)Oc1cccc(C2=CCCN(Cc3ccccc3)C2)c1. The smallest absolute Gasteiger partial charge is 0.336 e. The Labute approximate surface area is 158 Å². The Morgan fingerprint density at radius 3 is 2.67 bits per heavy atom. The standard InChI is InChI=1S/C22H21NO4/c24-21(25)11-12-22(26)27-20-10-4-8-18(14-20)19-9-5-13-23(16-19)15-17-6-2-1-3-7-17/h1-4,6-12,14H,5,13,15-16H2,(H,24,25)/b12-11+. The molecule has 0 bridgehead atoms. The summed E-state index contributed by atoms with van der Waals surface area (Å²) < 4.78 is 5.19. The van der Waals surface area contributed by atoms with Crippen LogP contribution < -0.4 is 4.74 Å². The summed E-state index contributed by atoms with van der Waals surface area (Å²) in [4.78, 5) is 24.5. The Kier molecular flexibility index (Phi) is 6.18. The maximum Gasteiger partial charge on any atom is 0.336 e. The largest absolute Gasteiger partial charge is 0.478 e. The third kappa shape index (κ3) is 5.66. The number of carbonyl (C=O) groups excluding carboxylic acids is 1. The highest BCUT2D eigenvalue weighted by Gasteiger charge is 2.15. The van der Waals surface area contributed by atoms with E-state index in [2.05, 4.69) is 23.1 Å². The predicted octanol–water partition coefficient (Wildman–Crippen LogP) is 3.52. The quantitative estimate of drug-likeness (QED) is 0.483. The van der Waals surface area contributed by atoms with Gasteiger partial charge in [-0.1, -0.05) is 48.5 Å². The van der Waals surface area contributed by atoms with Crippen molar-refractivity contribution in [2.45, 2.75) is 13.0 Å². The second-order valence-corrected chi connectivity index (χ2v) is 6.33. The lowest BCUT2D eigenvalue weighted by Crippen LogP contribution is -2.29. The molecule has 1 aliphatic heterocycles. The summed E-state index contributed by atoms with van der Waals surface area (Å²) >= 11 is 0. The zero-order chi connectivity index (χ0) is 19.1. The molecule has 2 aromatic carbocycles. The Balaban J connectivity index is 1.66. The number of ether oxygens (including phenoxy) is 1. The van der Waals surface area contributed by atoms with Crippen LogP contribution in [0.3, 0.4) is 0 Å². The van der Waals surface area contributed by atoms with Gasteiger partial charge < -0.3 is 9.84 Å². The Bertz CT molecular complexity index is 871. The number of nitrogens with zero attached hydrogens (tertiary/aromatic N) is 1. The van der Waals surface area contributed by atoms with Crippen molar-refractivity contribution < 1.29 is 19.4 Å². The van der Waals surface area contributed by atoms with Crippen LogP contribution in [0.15, 0.2) is 72.8 Å². The Hall–Kier alpha value is -3.18. The highest BCUT2D eigenvalue weighted by Crippen LogP contribution is 2.25. The molecule has 5 nitrogen and oxygen atoms in total. The summed E-state index contributed by atoms with van der Waals surface area (Å²) in [6, 6.07) is 17.7. The van der Waals surface area contributed by atoms with E-state index < -0.39 is 11.9 Å². The molecule has 0 radical (unpaired) electrons. The monoisotopic (exact) mass is 363 g/mol. The number of rotatable bonds is 6. The van der Waals surface area contributed by atoms with E-state index in [-0.39, 0.29) is 0 Å². The first-order valence-electron chi connectivity index (χ1n) is 8.79. The van der Waals surface area contributed by atoms with E-state index in [0.29, 0.717) is 5.75 Å². The summed E-state index contributed by atoms with van der Waals surface area (Å²) in [6.07, 6.45) is 4.84. The first-order valence-corrected chi connectivity index (χ1v) is 8.79. The summed E-state index contributed by atoms with van der Waals surface area (Å²) in [5.41, 5.74) is 3.48. The van der Waals surface area contributed by atoms with Crippen LogP contribution in [0.4, 0.5) is 0 Å². The molecular weight excluding hydrogens is 342 g/mol. The number of carboxylic acids is 1. The normalized spacial score (nSPS) is 14.7. The molecule has 1 aliphatic rings. The third-order valence-electron chi connectivity index (χ3n) is 4.26. The minimum atomic E-state index is -1.19. The molecule has 0 spiro atoms. The van der Waals surface area contributed by atoms with Crippen molar-refractivity contribution in [2.24, 2.45) is 0 Å². The summed E-state index contributed by atoms with van der Waals surface area (Å²) in [5, 5.41) is 8.57. The molecule has 138 valence electrons. The van der Waals surface area contributed by atoms with Crippen LogP contribution >= 0.6 is 0 Å². The van der Waals surface area contributed by atoms with Gasteiger partial charge in [0.15, 0.2) is 0 Å². The lowest BCUT2D eigenvalue weighted by molar-refractivity contribution is -0.133. The highest BCUT2D eigenvalue weighted by molar-refractivity contribution is 5.91. The number of aliphatic carboxylic acids is 1. The molecule has 0 fully saturated rings. The minimum absolute atomic E-state index is 0.397. The van der Waals surface area contributed by atoms with Gasteiger partial charge in [-0.3, -0.25) is 4.90 Å². The number of carboxylic acid groups (broad SMARTS) is 1. The van der Waals surface area contributed by atoms with E-state index in [1.807, 2.05) is 36.4 Å². The van der Waals surface area contributed by atoms with Crippen molar-refractivity contribution in [1.82, 2.24) is 4.90 Å². The van der Waals surface area contributed by atoms with E-state index >= 15 is 0 Å². The van der Waals surface area contributed by atoms with Crippen LogP contribution in [0.25, 0.3) is 5.57 Å². The summed E-state index contributed by atoms with van der Waals surface area (Å²) in [7, 11) is 0. The summed E-state index contributed by atoms with van der Waals surface area (Å²) in [6.45, 7) is 2.73. The molecule has 0 amide bonds. The zero-order valence-corrected chi connectivity index (χ0v) is 14.9. The van der Waals surface area contributed by atoms with Crippen LogP contribution in [0, 0.1) is 0 Å².